The topological polar surface area (TPSA) is 93.5 Å². The van der Waals surface area contributed by atoms with Crippen LogP contribution in [-0.4, -0.2) is 49.0 Å². The van der Waals surface area contributed by atoms with Crippen molar-refractivity contribution in [1.82, 2.24) is 14.5 Å². The van der Waals surface area contributed by atoms with Crippen molar-refractivity contribution in [2.24, 2.45) is 0 Å². The van der Waals surface area contributed by atoms with Crippen LogP contribution in [0, 0.1) is 6.92 Å². The lowest BCUT2D eigenvalue weighted by Crippen LogP contribution is -2.37. The Morgan fingerprint density at radius 2 is 1.91 bits per heavy atom. The number of anilines is 1. The van der Waals surface area contributed by atoms with Crippen molar-refractivity contribution in [3.63, 3.8) is 0 Å². The summed E-state index contributed by atoms with van der Waals surface area (Å²) in [7, 11) is -2.31. The minimum Gasteiger partial charge on any atom is -0.497 e. The van der Waals surface area contributed by atoms with Gasteiger partial charge in [-0.1, -0.05) is 0 Å². The zero-order chi connectivity index (χ0) is 22.7. The number of benzene rings is 1. The molecule has 1 fully saturated rings. The van der Waals surface area contributed by atoms with Crippen LogP contribution in [0.3, 0.4) is 0 Å². The van der Waals surface area contributed by atoms with Crippen molar-refractivity contribution in [3.05, 3.63) is 47.6 Å². The Morgan fingerprint density at radius 3 is 2.53 bits per heavy atom. The molecule has 1 aromatic carbocycles. The van der Waals surface area contributed by atoms with Crippen LogP contribution in [0.1, 0.15) is 25.0 Å². The summed E-state index contributed by atoms with van der Waals surface area (Å²) in [6.45, 7) is 3.45. The van der Waals surface area contributed by atoms with Gasteiger partial charge in [-0.15, -0.1) is 11.3 Å². The molecule has 170 valence electrons. The number of rotatable bonds is 7. The average molecular weight is 475 g/mol. The van der Waals surface area contributed by atoms with Gasteiger partial charge in [-0.05, 0) is 56.5 Å². The molecule has 2 aromatic heterocycles. The predicted molar refractivity (Wildman–Crippen MR) is 125 cm³/mol. The lowest BCUT2D eigenvalue weighted by molar-refractivity contribution is -0.132. The molecule has 1 saturated heterocycles. The molecule has 1 aliphatic rings. The van der Waals surface area contributed by atoms with Gasteiger partial charge in [0.05, 0.1) is 12.8 Å². The minimum absolute atomic E-state index is 0.0121. The molecule has 0 radical (unpaired) electrons. The molecular formula is C22H26N4O4S2. The van der Waals surface area contributed by atoms with Crippen LogP contribution in [0.25, 0.3) is 10.7 Å². The number of nitrogens with one attached hydrogen (secondary N) is 1. The summed E-state index contributed by atoms with van der Waals surface area (Å²) in [4.78, 5) is 19.3. The quantitative estimate of drug-likeness (QED) is 0.563. The highest BCUT2D eigenvalue weighted by atomic mass is 32.2. The van der Waals surface area contributed by atoms with Gasteiger partial charge >= 0.3 is 0 Å². The molecule has 10 heteroatoms. The number of sulfonamides is 1. The number of aromatic nitrogens is 2. The summed E-state index contributed by atoms with van der Waals surface area (Å²) in [6, 6.07) is 8.22. The Kier molecular flexibility index (Phi) is 6.52. The standard InChI is InChI=1S/C22H26N4O4S2/c1-16-15-31-22(23-16)20-12-19(13-26(20)14-21(27)25-10-4-3-5-11-25)32(28,29)24-17-6-8-18(30-2)9-7-17/h6-9,12-13,15,24H,3-5,10-11,14H2,1-2H3. The molecule has 0 atom stereocenters. The maximum absolute atomic E-state index is 13.1. The third-order valence-corrected chi connectivity index (χ3v) is 7.71. The number of ether oxygens (including phenoxy) is 1. The van der Waals surface area contributed by atoms with Crippen molar-refractivity contribution in [2.45, 2.75) is 37.6 Å². The number of hydrogen-bond donors (Lipinski definition) is 1. The number of aryl methyl sites for hydroxylation is 1. The van der Waals surface area contributed by atoms with Gasteiger partial charge in [0.25, 0.3) is 10.0 Å². The van der Waals surface area contributed by atoms with Gasteiger partial charge in [0.1, 0.15) is 22.2 Å². The summed E-state index contributed by atoms with van der Waals surface area (Å²) < 4.78 is 35.6. The molecule has 0 unspecified atom stereocenters. The normalized spacial score (nSPS) is 14.4. The van der Waals surface area contributed by atoms with E-state index in [1.54, 1.807) is 42.0 Å². The number of carbonyl (C=O) groups excluding carboxylic acids is 1. The SMILES string of the molecule is COc1ccc(NS(=O)(=O)c2cc(-c3nc(C)cs3)n(CC(=O)N3CCCCC3)c2)cc1. The predicted octanol–water partition coefficient (Wildman–Crippen LogP) is 3.74. The summed E-state index contributed by atoms with van der Waals surface area (Å²) in [5.41, 5.74) is 1.89. The highest BCUT2D eigenvalue weighted by Crippen LogP contribution is 2.29. The fourth-order valence-corrected chi connectivity index (χ4v) is 5.60. The molecule has 1 amide bonds. The number of methoxy groups -OCH3 is 1. The van der Waals surface area contributed by atoms with E-state index >= 15 is 0 Å². The van der Waals surface area contributed by atoms with Crippen LogP contribution in [0.5, 0.6) is 5.75 Å². The third-order valence-electron chi connectivity index (χ3n) is 5.38. The zero-order valence-corrected chi connectivity index (χ0v) is 19.7. The zero-order valence-electron chi connectivity index (χ0n) is 18.1. The molecule has 3 aromatic rings. The Morgan fingerprint density at radius 1 is 1.19 bits per heavy atom. The van der Waals surface area contributed by atoms with E-state index in [0.29, 0.717) is 22.1 Å². The van der Waals surface area contributed by atoms with Crippen molar-refractivity contribution < 1.29 is 17.9 Å². The fraction of sp³-hybridized carbons (Fsp3) is 0.364. The Labute approximate surface area is 191 Å². The van der Waals surface area contributed by atoms with Crippen LogP contribution in [0.4, 0.5) is 5.69 Å². The van der Waals surface area contributed by atoms with E-state index in [9.17, 15) is 13.2 Å². The smallest absolute Gasteiger partial charge is 0.263 e. The molecule has 0 saturated carbocycles. The molecule has 4 rings (SSSR count). The van der Waals surface area contributed by atoms with Crippen LogP contribution >= 0.6 is 11.3 Å². The minimum atomic E-state index is -3.86. The number of hydrogen-bond acceptors (Lipinski definition) is 6. The first-order chi connectivity index (χ1) is 15.4. The number of nitrogens with zero attached hydrogens (tertiary/aromatic N) is 3. The summed E-state index contributed by atoms with van der Waals surface area (Å²) in [5, 5.41) is 2.59. The van der Waals surface area contributed by atoms with Gasteiger partial charge in [0.15, 0.2) is 0 Å². The van der Waals surface area contributed by atoms with Crippen LogP contribution in [0.15, 0.2) is 46.8 Å². The number of amides is 1. The maximum Gasteiger partial charge on any atom is 0.263 e. The first-order valence-electron chi connectivity index (χ1n) is 10.4. The number of carbonyl (C=O) groups is 1. The second kappa shape index (κ2) is 9.33. The molecule has 1 aliphatic heterocycles. The van der Waals surface area contributed by atoms with Crippen LogP contribution < -0.4 is 9.46 Å². The summed E-state index contributed by atoms with van der Waals surface area (Å²) >= 11 is 1.43. The summed E-state index contributed by atoms with van der Waals surface area (Å²) in [5.74, 6) is 0.624. The number of thiazole rings is 1. The molecule has 1 N–H and O–H groups in total. The van der Waals surface area contributed by atoms with Crippen LogP contribution in [-0.2, 0) is 21.4 Å². The molecule has 3 heterocycles. The van der Waals surface area contributed by atoms with Gasteiger partial charge < -0.3 is 14.2 Å². The first-order valence-corrected chi connectivity index (χ1v) is 12.8. The van der Waals surface area contributed by atoms with Crippen molar-refractivity contribution >= 4 is 33.0 Å². The lowest BCUT2D eigenvalue weighted by Gasteiger charge is -2.27. The second-order valence-corrected chi connectivity index (χ2v) is 10.3. The Balaban J connectivity index is 1.63. The van der Waals surface area contributed by atoms with Crippen molar-refractivity contribution in [2.75, 3.05) is 24.9 Å². The second-order valence-electron chi connectivity index (χ2n) is 7.76. The molecule has 0 aliphatic carbocycles. The number of likely N-dealkylation sites (tertiary alicyclic amines) is 1. The largest absolute Gasteiger partial charge is 0.497 e. The molecule has 0 bridgehead atoms. The molecule has 8 nitrogen and oxygen atoms in total. The van der Waals surface area contributed by atoms with Gasteiger partial charge in [-0.25, -0.2) is 13.4 Å². The van der Waals surface area contributed by atoms with Gasteiger partial charge in [-0.3, -0.25) is 9.52 Å². The van der Waals surface area contributed by atoms with E-state index in [-0.39, 0.29) is 17.3 Å². The van der Waals surface area contributed by atoms with E-state index in [1.807, 2.05) is 17.2 Å². The van der Waals surface area contributed by atoms with E-state index in [0.717, 1.165) is 38.0 Å². The molecule has 0 spiro atoms. The van der Waals surface area contributed by atoms with Crippen molar-refractivity contribution in [1.29, 1.82) is 0 Å². The van der Waals surface area contributed by atoms with Gasteiger partial charge in [-0.2, -0.15) is 0 Å². The fourth-order valence-electron chi connectivity index (χ4n) is 3.67. The molecule has 32 heavy (non-hydrogen) atoms. The summed E-state index contributed by atoms with van der Waals surface area (Å²) in [6.07, 6.45) is 4.65. The van der Waals surface area contributed by atoms with Gasteiger partial charge in [0, 0.05) is 36.0 Å². The third kappa shape index (κ3) is 4.97. The molecular weight excluding hydrogens is 448 g/mol. The van der Waals surface area contributed by atoms with E-state index in [4.69, 9.17) is 4.74 Å². The van der Waals surface area contributed by atoms with Crippen LogP contribution in [0.2, 0.25) is 0 Å². The lowest BCUT2D eigenvalue weighted by atomic mass is 10.1. The Bertz CT molecular complexity index is 1190. The van der Waals surface area contributed by atoms with E-state index in [2.05, 4.69) is 9.71 Å². The van der Waals surface area contributed by atoms with E-state index in [1.165, 1.54) is 17.5 Å². The van der Waals surface area contributed by atoms with Crippen molar-refractivity contribution in [3.8, 4) is 16.5 Å². The first kappa shape index (κ1) is 22.3. The highest BCUT2D eigenvalue weighted by Gasteiger charge is 2.24. The van der Waals surface area contributed by atoms with Gasteiger partial charge in [0.2, 0.25) is 5.91 Å². The maximum atomic E-state index is 13.1. The average Bonchev–Trinajstić information content (AvgIpc) is 3.41. The number of piperidine rings is 1. The Hall–Kier alpha value is -2.85. The highest BCUT2D eigenvalue weighted by molar-refractivity contribution is 7.92. The van der Waals surface area contributed by atoms with E-state index < -0.39 is 10.0 Å². The monoisotopic (exact) mass is 474 g/mol.